The average Bonchev–Trinajstić information content (AvgIpc) is 2.93. The molecule has 0 aromatic carbocycles. The highest BCUT2D eigenvalue weighted by molar-refractivity contribution is 9.09. The summed E-state index contributed by atoms with van der Waals surface area (Å²) in [6.45, 7) is 0.741. The van der Waals surface area contributed by atoms with Gasteiger partial charge in [0.05, 0.1) is 26.4 Å². The molecule has 0 aliphatic carbocycles. The first-order valence-corrected chi connectivity index (χ1v) is 19.2. The molecule has 0 unspecified atom stereocenters. The molecular weight excluding hydrogens is 796 g/mol. The van der Waals surface area contributed by atoms with Crippen LogP contribution in [-0.4, -0.2) is 71.6 Å². The summed E-state index contributed by atoms with van der Waals surface area (Å²) in [6.07, 6.45) is 9.84. The summed E-state index contributed by atoms with van der Waals surface area (Å²) in [4.78, 5) is 48.9. The summed E-state index contributed by atoms with van der Waals surface area (Å²) >= 11 is 13.5. The molecule has 0 bridgehead atoms. The van der Waals surface area contributed by atoms with E-state index in [1.165, 1.54) is 0 Å². The maximum atomic E-state index is 12.2. The van der Waals surface area contributed by atoms with Gasteiger partial charge in [-0.25, -0.2) is 0 Å². The first-order valence-electron chi connectivity index (χ1n) is 14.7. The molecule has 0 saturated carbocycles. The van der Waals surface area contributed by atoms with E-state index in [1.54, 1.807) is 0 Å². The number of esters is 4. The molecule has 240 valence electrons. The first-order chi connectivity index (χ1) is 19.8. The van der Waals surface area contributed by atoms with Gasteiger partial charge in [0.25, 0.3) is 0 Å². The Kier molecular flexibility index (Phi) is 28.4. The van der Waals surface area contributed by atoms with Crippen LogP contribution in [0.3, 0.4) is 0 Å². The van der Waals surface area contributed by atoms with Crippen molar-refractivity contribution in [1.29, 1.82) is 0 Å². The molecule has 0 aromatic rings. The maximum absolute atomic E-state index is 12.2. The Morgan fingerprint density at radius 2 is 0.610 bits per heavy atom. The van der Waals surface area contributed by atoms with Crippen molar-refractivity contribution in [2.45, 2.75) is 103 Å². The van der Waals surface area contributed by atoms with E-state index in [0.29, 0.717) is 51.4 Å². The molecular formula is C29H48Br4O8. The molecule has 0 saturated heterocycles. The highest BCUT2D eigenvalue weighted by atomic mass is 79.9. The van der Waals surface area contributed by atoms with Gasteiger partial charge in [0.2, 0.25) is 0 Å². The highest BCUT2D eigenvalue weighted by Crippen LogP contribution is 2.36. The lowest BCUT2D eigenvalue weighted by Crippen LogP contribution is -2.30. The van der Waals surface area contributed by atoms with Crippen molar-refractivity contribution in [2.75, 3.05) is 47.7 Å². The van der Waals surface area contributed by atoms with Gasteiger partial charge < -0.3 is 18.9 Å². The van der Waals surface area contributed by atoms with E-state index in [-0.39, 0.29) is 50.3 Å². The molecule has 0 atom stereocenters. The molecule has 0 aliphatic rings. The summed E-state index contributed by atoms with van der Waals surface area (Å²) in [5.41, 5.74) is -0.515. The molecule has 0 fully saturated rings. The number of carbonyl (C=O) groups excluding carboxylic acids is 4. The molecule has 0 N–H and O–H groups in total. The van der Waals surface area contributed by atoms with Crippen LogP contribution in [0.2, 0.25) is 0 Å². The molecule has 0 spiro atoms. The van der Waals surface area contributed by atoms with Crippen molar-refractivity contribution < 1.29 is 38.1 Å². The highest BCUT2D eigenvalue weighted by Gasteiger charge is 2.31. The van der Waals surface area contributed by atoms with Gasteiger partial charge in [0.15, 0.2) is 0 Å². The number of halogens is 4. The average molecular weight is 844 g/mol. The Hall–Kier alpha value is -0.200. The predicted molar refractivity (Wildman–Crippen MR) is 175 cm³/mol. The first kappa shape index (κ1) is 40.8. The second-order valence-electron chi connectivity index (χ2n) is 9.97. The van der Waals surface area contributed by atoms with Gasteiger partial charge in [0.1, 0.15) is 0 Å². The summed E-state index contributed by atoms with van der Waals surface area (Å²) in [6, 6.07) is 0. The smallest absolute Gasteiger partial charge is 0.305 e. The zero-order chi connectivity index (χ0) is 30.6. The zero-order valence-electron chi connectivity index (χ0n) is 24.2. The van der Waals surface area contributed by atoms with Crippen molar-refractivity contribution in [1.82, 2.24) is 0 Å². The van der Waals surface area contributed by atoms with Crippen LogP contribution in [0.25, 0.3) is 0 Å². The van der Waals surface area contributed by atoms with E-state index in [1.807, 2.05) is 0 Å². The number of rotatable bonds is 28. The third-order valence-corrected chi connectivity index (χ3v) is 8.88. The van der Waals surface area contributed by atoms with E-state index in [4.69, 9.17) is 18.9 Å². The molecule has 0 amide bonds. The van der Waals surface area contributed by atoms with Crippen LogP contribution in [0.4, 0.5) is 0 Å². The van der Waals surface area contributed by atoms with E-state index in [2.05, 4.69) is 63.7 Å². The molecule has 0 radical (unpaired) electrons. The second-order valence-corrected chi connectivity index (χ2v) is 13.1. The van der Waals surface area contributed by atoms with Gasteiger partial charge in [-0.05, 0) is 82.5 Å². The van der Waals surface area contributed by atoms with Crippen molar-refractivity contribution in [2.24, 2.45) is 5.41 Å². The van der Waals surface area contributed by atoms with Crippen LogP contribution in [-0.2, 0) is 38.1 Å². The van der Waals surface area contributed by atoms with E-state index in [9.17, 15) is 19.2 Å². The van der Waals surface area contributed by atoms with Crippen LogP contribution in [0.5, 0.6) is 0 Å². The number of hydrogen-bond donors (Lipinski definition) is 0. The topological polar surface area (TPSA) is 105 Å². The van der Waals surface area contributed by atoms with Crippen molar-refractivity contribution in [3.63, 3.8) is 0 Å². The van der Waals surface area contributed by atoms with E-state index < -0.39 is 5.41 Å². The SMILES string of the molecule is O=C(CCCCBr)OCCC(CCOC(=O)CCCCBr)(CCOC(=O)CCCCBr)CCOC(=O)CCCCBr. The molecule has 12 heteroatoms. The third kappa shape index (κ3) is 24.9. The molecule has 0 aromatic heterocycles. The fourth-order valence-electron chi connectivity index (χ4n) is 4.02. The Morgan fingerprint density at radius 1 is 0.390 bits per heavy atom. The monoisotopic (exact) mass is 840 g/mol. The largest absolute Gasteiger partial charge is 0.466 e. The van der Waals surface area contributed by atoms with Gasteiger partial charge in [-0.1, -0.05) is 63.7 Å². The number of ether oxygens (including phenoxy) is 4. The number of carbonyl (C=O) groups is 4. The van der Waals surface area contributed by atoms with E-state index >= 15 is 0 Å². The summed E-state index contributed by atoms with van der Waals surface area (Å²) < 4.78 is 22.1. The van der Waals surface area contributed by atoms with Gasteiger partial charge in [0, 0.05) is 47.0 Å². The number of alkyl halides is 4. The Morgan fingerprint density at radius 3 is 0.805 bits per heavy atom. The zero-order valence-corrected chi connectivity index (χ0v) is 30.6. The van der Waals surface area contributed by atoms with Gasteiger partial charge in [-0.3, -0.25) is 19.2 Å². The van der Waals surface area contributed by atoms with Gasteiger partial charge in [-0.15, -0.1) is 0 Å². The minimum atomic E-state index is -0.515. The standard InChI is InChI=1S/C29H48Br4O8/c30-17-5-1-9-25(34)38-21-13-29(14-22-39-26(35)10-2-6-18-31,15-23-40-27(36)11-3-7-19-32)16-24-41-28(37)12-4-8-20-33/h1-24H2. The fraction of sp³-hybridized carbons (Fsp3) is 0.862. The van der Waals surface area contributed by atoms with Crippen LogP contribution in [0.1, 0.15) is 103 Å². The Bertz CT molecular complexity index is 591. The molecule has 8 nitrogen and oxygen atoms in total. The molecule has 0 rings (SSSR count). The third-order valence-electron chi connectivity index (χ3n) is 6.64. The number of hydrogen-bond acceptors (Lipinski definition) is 8. The summed E-state index contributed by atoms with van der Waals surface area (Å²) in [5, 5.41) is 3.34. The quantitative estimate of drug-likeness (QED) is 0.0338. The molecule has 0 heterocycles. The lowest BCUT2D eigenvalue weighted by Gasteiger charge is -2.33. The van der Waals surface area contributed by atoms with Crippen molar-refractivity contribution >= 4 is 87.6 Å². The lowest BCUT2D eigenvalue weighted by molar-refractivity contribution is -0.146. The normalized spacial score (nSPS) is 11.2. The maximum Gasteiger partial charge on any atom is 0.305 e. The van der Waals surface area contributed by atoms with E-state index in [0.717, 1.165) is 72.7 Å². The predicted octanol–water partition coefficient (Wildman–Crippen LogP) is 7.97. The minimum absolute atomic E-state index is 0.185. The number of unbranched alkanes of at least 4 members (excludes halogenated alkanes) is 4. The van der Waals surface area contributed by atoms with Gasteiger partial charge in [-0.2, -0.15) is 0 Å². The fourth-order valence-corrected chi connectivity index (χ4v) is 5.61. The van der Waals surface area contributed by atoms with Crippen LogP contribution >= 0.6 is 63.7 Å². The van der Waals surface area contributed by atoms with Crippen LogP contribution < -0.4 is 0 Å². The van der Waals surface area contributed by atoms with Crippen LogP contribution in [0.15, 0.2) is 0 Å². The molecule has 41 heavy (non-hydrogen) atoms. The second kappa shape index (κ2) is 28.6. The minimum Gasteiger partial charge on any atom is -0.466 e. The lowest BCUT2D eigenvalue weighted by atomic mass is 9.76. The molecule has 0 aliphatic heterocycles. The Balaban J connectivity index is 5.35. The van der Waals surface area contributed by atoms with Gasteiger partial charge >= 0.3 is 23.9 Å². The van der Waals surface area contributed by atoms with Crippen molar-refractivity contribution in [3.05, 3.63) is 0 Å². The summed E-state index contributed by atoms with van der Waals surface area (Å²) in [7, 11) is 0. The van der Waals surface area contributed by atoms with Crippen LogP contribution in [0, 0.1) is 5.41 Å². The summed E-state index contributed by atoms with van der Waals surface area (Å²) in [5.74, 6) is -1.02. The Labute approximate surface area is 280 Å². The van der Waals surface area contributed by atoms with Crippen molar-refractivity contribution in [3.8, 4) is 0 Å².